The summed E-state index contributed by atoms with van der Waals surface area (Å²) in [6.45, 7) is 3.84. The smallest absolute Gasteiger partial charge is 0.233 e. The van der Waals surface area contributed by atoms with E-state index in [1.165, 1.54) is 7.94 Å². The van der Waals surface area contributed by atoms with Crippen molar-refractivity contribution in [2.75, 3.05) is 0 Å². The fourth-order valence-corrected chi connectivity index (χ4v) is 10.2. The lowest BCUT2D eigenvalue weighted by Gasteiger charge is -2.11. The van der Waals surface area contributed by atoms with E-state index in [9.17, 15) is 16.8 Å². The lowest BCUT2D eigenvalue weighted by molar-refractivity contribution is 0.588. The van der Waals surface area contributed by atoms with Crippen LogP contribution in [0.2, 0.25) is 0 Å². The van der Waals surface area contributed by atoms with E-state index in [0.717, 1.165) is 43.4 Å². The summed E-state index contributed by atoms with van der Waals surface area (Å²) in [4.78, 5) is 0.352. The van der Waals surface area contributed by atoms with Crippen LogP contribution in [0.15, 0.2) is 143 Å². The molecule has 6 nitrogen and oxygen atoms in total. The van der Waals surface area contributed by atoms with Crippen LogP contribution in [0.25, 0.3) is 65.2 Å². The van der Waals surface area contributed by atoms with Gasteiger partial charge in [-0.1, -0.05) is 96.1 Å². The van der Waals surface area contributed by atoms with Gasteiger partial charge >= 0.3 is 0 Å². The summed E-state index contributed by atoms with van der Waals surface area (Å²) in [5, 5.41) is 6.56. The molecule has 0 unspecified atom stereocenters. The van der Waals surface area contributed by atoms with Gasteiger partial charge in [0.2, 0.25) is 0 Å². The van der Waals surface area contributed by atoms with E-state index >= 15 is 0 Å². The van der Waals surface area contributed by atoms with Crippen LogP contribution < -0.4 is 0 Å². The maximum Gasteiger partial charge on any atom is 0.268 e. The van der Waals surface area contributed by atoms with Gasteiger partial charge in [0.05, 0.1) is 31.9 Å². The standard InChI is InChI=1S/C40H28N2O4S2/c1-25-11-17-29(18-12-25)47(43,44)41-33-21-15-27-7-3-5-9-31(27)37(33)39-35(41)23-24-36-40(39)38-32-10-6-4-8-28(32)16-22-34(38)42(36)48(45,46)30-19-13-26(2)14-20-30/h3-24H,1-2H3. The van der Waals surface area contributed by atoms with Gasteiger partial charge in [-0.2, -0.15) is 0 Å². The molecule has 0 aliphatic rings. The van der Waals surface area contributed by atoms with Crippen molar-refractivity contribution in [3.63, 3.8) is 0 Å². The number of benzene rings is 7. The second-order valence-electron chi connectivity index (χ2n) is 12.4. The molecule has 234 valence electrons. The Hall–Kier alpha value is -5.44. The SMILES string of the molecule is Cc1ccc(S(=O)(=O)n2c3ccc4ccccc4c3c3c4c5c6ccccc6ccc5n(S(=O)(=O)c5ccc(C)cc5)c4ccc32)cc1. The Kier molecular flexibility index (Phi) is 6.01. The molecule has 0 amide bonds. The molecule has 9 aromatic rings. The summed E-state index contributed by atoms with van der Waals surface area (Å²) in [5.74, 6) is 0. The van der Waals surface area contributed by atoms with Crippen LogP contribution in [-0.4, -0.2) is 24.8 Å². The first-order valence-electron chi connectivity index (χ1n) is 15.6. The maximum atomic E-state index is 14.6. The second kappa shape index (κ2) is 10.0. The molecule has 2 aromatic heterocycles. The lowest BCUT2D eigenvalue weighted by Crippen LogP contribution is -2.13. The molecule has 0 aliphatic heterocycles. The molecule has 0 fully saturated rings. The molecule has 0 atom stereocenters. The summed E-state index contributed by atoms with van der Waals surface area (Å²) < 4.78 is 61.3. The predicted molar refractivity (Wildman–Crippen MR) is 195 cm³/mol. The minimum atomic E-state index is -4.08. The Morgan fingerprint density at radius 1 is 0.375 bits per heavy atom. The molecule has 48 heavy (non-hydrogen) atoms. The fraction of sp³-hybridized carbons (Fsp3) is 0.0500. The van der Waals surface area contributed by atoms with Gasteiger partial charge in [0.1, 0.15) is 0 Å². The molecule has 9 rings (SSSR count). The average Bonchev–Trinajstić information content (AvgIpc) is 3.63. The van der Waals surface area contributed by atoms with Gasteiger partial charge in [0.25, 0.3) is 20.0 Å². The largest absolute Gasteiger partial charge is 0.268 e. The third-order valence-electron chi connectivity index (χ3n) is 9.47. The quantitative estimate of drug-likeness (QED) is 0.188. The summed E-state index contributed by atoms with van der Waals surface area (Å²) in [6.07, 6.45) is 0. The zero-order valence-corrected chi connectivity index (χ0v) is 27.7. The third-order valence-corrected chi connectivity index (χ3v) is 13.0. The molecule has 0 saturated carbocycles. The normalized spacial score (nSPS) is 12.7. The zero-order valence-electron chi connectivity index (χ0n) is 26.0. The molecule has 0 N–H and O–H groups in total. The van der Waals surface area contributed by atoms with Gasteiger partial charge in [0, 0.05) is 21.5 Å². The number of aryl methyl sites for hydroxylation is 2. The van der Waals surface area contributed by atoms with Gasteiger partial charge in [0.15, 0.2) is 0 Å². The Balaban J connectivity index is 1.56. The first-order valence-corrected chi connectivity index (χ1v) is 18.5. The Bertz CT molecular complexity index is 2820. The number of aromatic nitrogens is 2. The maximum absolute atomic E-state index is 14.6. The molecular weight excluding hydrogens is 637 g/mol. The van der Waals surface area contributed by atoms with Crippen LogP contribution in [0.4, 0.5) is 0 Å². The van der Waals surface area contributed by atoms with Gasteiger partial charge in [-0.3, -0.25) is 0 Å². The molecule has 0 spiro atoms. The monoisotopic (exact) mass is 664 g/mol. The predicted octanol–water partition coefficient (Wildman–Crippen LogP) is 9.30. The molecule has 0 aliphatic carbocycles. The number of nitrogens with zero attached hydrogens (tertiary/aromatic N) is 2. The van der Waals surface area contributed by atoms with Crippen molar-refractivity contribution in [3.8, 4) is 0 Å². The molecule has 0 bridgehead atoms. The Morgan fingerprint density at radius 2 is 0.708 bits per heavy atom. The summed E-state index contributed by atoms with van der Waals surface area (Å²) in [5.41, 5.74) is 3.93. The van der Waals surface area contributed by atoms with Crippen molar-refractivity contribution in [3.05, 3.63) is 145 Å². The minimum absolute atomic E-state index is 0.176. The highest BCUT2D eigenvalue weighted by Gasteiger charge is 2.30. The van der Waals surface area contributed by atoms with Crippen LogP contribution >= 0.6 is 0 Å². The van der Waals surface area contributed by atoms with Gasteiger partial charge in [-0.15, -0.1) is 0 Å². The van der Waals surface area contributed by atoms with E-state index in [1.807, 2.05) is 86.6 Å². The summed E-state index contributed by atoms with van der Waals surface area (Å²) in [6, 6.07) is 40.6. The zero-order chi connectivity index (χ0) is 32.9. The summed E-state index contributed by atoms with van der Waals surface area (Å²) in [7, 11) is -8.15. The number of rotatable bonds is 4. The van der Waals surface area contributed by atoms with Crippen molar-refractivity contribution in [2.45, 2.75) is 23.6 Å². The third kappa shape index (κ3) is 3.90. The highest BCUT2D eigenvalue weighted by atomic mass is 32.2. The van der Waals surface area contributed by atoms with Crippen LogP contribution in [0, 0.1) is 13.8 Å². The van der Waals surface area contributed by atoms with Crippen LogP contribution in [0.3, 0.4) is 0 Å². The summed E-state index contributed by atoms with van der Waals surface area (Å²) >= 11 is 0. The average molecular weight is 665 g/mol. The van der Waals surface area contributed by atoms with Crippen LogP contribution in [0.1, 0.15) is 11.1 Å². The van der Waals surface area contributed by atoms with Crippen molar-refractivity contribution in [1.82, 2.24) is 7.94 Å². The van der Waals surface area contributed by atoms with E-state index in [2.05, 4.69) is 0 Å². The van der Waals surface area contributed by atoms with E-state index in [-0.39, 0.29) is 9.79 Å². The molecule has 0 radical (unpaired) electrons. The molecular formula is C40H28N2O4S2. The first kappa shape index (κ1) is 28.8. The molecule has 2 heterocycles. The van der Waals surface area contributed by atoms with E-state index in [1.54, 1.807) is 60.7 Å². The highest BCUT2D eigenvalue weighted by Crippen LogP contribution is 2.46. The second-order valence-corrected chi connectivity index (χ2v) is 16.0. The minimum Gasteiger partial charge on any atom is -0.233 e. The molecule has 7 aromatic carbocycles. The van der Waals surface area contributed by atoms with Gasteiger partial charge < -0.3 is 0 Å². The van der Waals surface area contributed by atoms with Crippen molar-refractivity contribution < 1.29 is 16.8 Å². The fourth-order valence-electron chi connectivity index (χ4n) is 7.22. The highest BCUT2D eigenvalue weighted by molar-refractivity contribution is 7.90. The van der Waals surface area contributed by atoms with Crippen molar-refractivity contribution >= 4 is 85.2 Å². The Morgan fingerprint density at radius 3 is 1.10 bits per heavy atom. The Labute approximate surface area is 277 Å². The number of hydrogen-bond donors (Lipinski definition) is 0. The van der Waals surface area contributed by atoms with Crippen molar-refractivity contribution in [2.24, 2.45) is 0 Å². The van der Waals surface area contributed by atoms with Gasteiger partial charge in [-0.05, 0) is 83.9 Å². The van der Waals surface area contributed by atoms with E-state index in [4.69, 9.17) is 0 Å². The molecule has 8 heteroatoms. The molecule has 0 saturated heterocycles. The van der Waals surface area contributed by atoms with Crippen LogP contribution in [-0.2, 0) is 20.0 Å². The first-order chi connectivity index (χ1) is 23.2. The van der Waals surface area contributed by atoms with Crippen LogP contribution in [0.5, 0.6) is 0 Å². The number of fused-ring (bicyclic) bond motifs is 11. The van der Waals surface area contributed by atoms with E-state index < -0.39 is 20.0 Å². The number of hydrogen-bond acceptors (Lipinski definition) is 4. The topological polar surface area (TPSA) is 78.1 Å². The van der Waals surface area contributed by atoms with E-state index in [0.29, 0.717) is 32.8 Å². The lowest BCUT2D eigenvalue weighted by atomic mass is 9.98. The van der Waals surface area contributed by atoms with Gasteiger partial charge in [-0.25, -0.2) is 24.8 Å². The van der Waals surface area contributed by atoms with Crippen molar-refractivity contribution in [1.29, 1.82) is 0 Å².